The van der Waals surface area contributed by atoms with Crippen molar-refractivity contribution in [3.05, 3.63) is 0 Å². The van der Waals surface area contributed by atoms with E-state index in [0.29, 0.717) is 0 Å². The third-order valence-corrected chi connectivity index (χ3v) is 5.26. The molecule has 7 heteroatoms. The van der Waals surface area contributed by atoms with Crippen LogP contribution in [0.25, 0.3) is 0 Å². The van der Waals surface area contributed by atoms with Crippen molar-refractivity contribution in [2.24, 2.45) is 5.41 Å². The van der Waals surface area contributed by atoms with Gasteiger partial charge in [-0.2, -0.15) is 0 Å². The Kier molecular flexibility index (Phi) is 3.02. The second-order valence-electron chi connectivity index (χ2n) is 5.73. The van der Waals surface area contributed by atoms with Gasteiger partial charge in [0, 0.05) is 5.41 Å². The van der Waals surface area contributed by atoms with Crippen LogP contribution in [0, 0.1) is 5.41 Å². The summed E-state index contributed by atoms with van der Waals surface area (Å²) in [5.74, 6) is -0.550. The summed E-state index contributed by atoms with van der Waals surface area (Å²) in [6, 6.07) is 0. The average molecular weight is 275 g/mol. The van der Waals surface area contributed by atoms with E-state index in [-0.39, 0.29) is 30.5 Å². The van der Waals surface area contributed by atoms with Gasteiger partial charge in [-0.25, -0.2) is 8.42 Å². The number of Topliss-reactive ketones (excluding diaryl/α,β-unsaturated/α-hetero) is 1. The lowest BCUT2D eigenvalue weighted by Crippen LogP contribution is -2.54. The van der Waals surface area contributed by atoms with Crippen LogP contribution in [0.5, 0.6) is 0 Å². The molecule has 1 amide bonds. The molecule has 2 aliphatic heterocycles. The quantitative estimate of drug-likeness (QED) is 0.674. The highest BCUT2D eigenvalue weighted by atomic mass is 32.2. The Labute approximate surface area is 106 Å². The predicted octanol–water partition coefficient (Wildman–Crippen LogP) is -0.0689. The summed E-state index contributed by atoms with van der Waals surface area (Å²) < 4.78 is 28.6. The number of sulfone groups is 1. The Morgan fingerprint density at radius 3 is 2.56 bits per heavy atom. The zero-order valence-corrected chi connectivity index (χ0v) is 11.5. The first-order chi connectivity index (χ1) is 8.13. The SMILES string of the molecule is CC(C)(C)C(=O)COC1CS(=O)(=O)[C@H]2CC(=O)N12. The highest BCUT2D eigenvalue weighted by Gasteiger charge is 2.56. The second kappa shape index (κ2) is 4.03. The molecule has 0 N–H and O–H groups in total. The van der Waals surface area contributed by atoms with Crippen LogP contribution in [0.2, 0.25) is 0 Å². The van der Waals surface area contributed by atoms with Crippen LogP contribution in [0.1, 0.15) is 27.2 Å². The molecule has 0 aliphatic carbocycles. The molecule has 2 atom stereocenters. The van der Waals surface area contributed by atoms with Crippen LogP contribution < -0.4 is 0 Å². The molecule has 2 heterocycles. The van der Waals surface area contributed by atoms with Gasteiger partial charge in [0.1, 0.15) is 18.2 Å². The molecule has 0 aromatic heterocycles. The zero-order chi connectivity index (χ0) is 13.7. The Bertz CT molecular complexity index is 490. The van der Waals surface area contributed by atoms with Gasteiger partial charge in [-0.1, -0.05) is 20.8 Å². The van der Waals surface area contributed by atoms with Gasteiger partial charge in [0.2, 0.25) is 5.91 Å². The molecule has 2 fully saturated rings. The number of rotatable bonds is 3. The van der Waals surface area contributed by atoms with E-state index < -0.39 is 26.9 Å². The molecule has 0 aromatic carbocycles. The van der Waals surface area contributed by atoms with Crippen molar-refractivity contribution in [2.75, 3.05) is 12.4 Å². The topological polar surface area (TPSA) is 80.8 Å². The molecule has 2 aliphatic rings. The van der Waals surface area contributed by atoms with E-state index in [1.165, 1.54) is 4.90 Å². The van der Waals surface area contributed by atoms with Gasteiger partial charge in [-0.05, 0) is 0 Å². The largest absolute Gasteiger partial charge is 0.349 e. The number of amides is 1. The fourth-order valence-electron chi connectivity index (χ4n) is 1.95. The molecule has 0 bridgehead atoms. The van der Waals surface area contributed by atoms with Crippen LogP contribution in [-0.2, 0) is 24.2 Å². The van der Waals surface area contributed by atoms with E-state index in [4.69, 9.17) is 4.74 Å². The second-order valence-corrected chi connectivity index (χ2v) is 7.93. The van der Waals surface area contributed by atoms with Crippen molar-refractivity contribution in [1.82, 2.24) is 4.90 Å². The Hall–Kier alpha value is -0.950. The maximum atomic E-state index is 11.7. The fourth-order valence-corrected chi connectivity index (χ4v) is 3.83. The highest BCUT2D eigenvalue weighted by Crippen LogP contribution is 2.35. The van der Waals surface area contributed by atoms with Crippen LogP contribution in [0.4, 0.5) is 0 Å². The molecule has 0 saturated carbocycles. The van der Waals surface area contributed by atoms with Crippen molar-refractivity contribution in [1.29, 1.82) is 0 Å². The van der Waals surface area contributed by atoms with Gasteiger partial charge in [-0.15, -0.1) is 0 Å². The van der Waals surface area contributed by atoms with Gasteiger partial charge in [0.15, 0.2) is 15.6 Å². The van der Waals surface area contributed by atoms with Gasteiger partial charge in [0.05, 0.1) is 12.2 Å². The molecule has 2 rings (SSSR count). The summed E-state index contributed by atoms with van der Waals surface area (Å²) in [5.41, 5.74) is -0.532. The van der Waals surface area contributed by atoms with Crippen molar-refractivity contribution < 1.29 is 22.7 Å². The number of carbonyl (C=O) groups excluding carboxylic acids is 2. The van der Waals surface area contributed by atoms with E-state index in [9.17, 15) is 18.0 Å². The third-order valence-electron chi connectivity index (χ3n) is 3.29. The van der Waals surface area contributed by atoms with Crippen molar-refractivity contribution in [3.63, 3.8) is 0 Å². The van der Waals surface area contributed by atoms with Crippen LogP contribution in [-0.4, -0.2) is 49.0 Å². The van der Waals surface area contributed by atoms with E-state index in [1.807, 2.05) is 0 Å². The number of hydrogen-bond donors (Lipinski definition) is 0. The summed E-state index contributed by atoms with van der Waals surface area (Å²) in [6.45, 7) is 5.13. The van der Waals surface area contributed by atoms with Crippen molar-refractivity contribution in [3.8, 4) is 0 Å². The lowest BCUT2D eigenvalue weighted by atomic mass is 9.91. The van der Waals surface area contributed by atoms with E-state index in [2.05, 4.69) is 0 Å². The molecule has 2 saturated heterocycles. The molecule has 1 unspecified atom stereocenters. The van der Waals surface area contributed by atoms with Crippen LogP contribution in [0.15, 0.2) is 0 Å². The molecule has 0 aromatic rings. The van der Waals surface area contributed by atoms with Crippen LogP contribution in [0.3, 0.4) is 0 Å². The zero-order valence-electron chi connectivity index (χ0n) is 10.7. The number of ketones is 1. The fraction of sp³-hybridized carbons (Fsp3) is 0.818. The third kappa shape index (κ3) is 2.16. The summed E-state index contributed by atoms with van der Waals surface area (Å²) >= 11 is 0. The lowest BCUT2D eigenvalue weighted by molar-refractivity contribution is -0.161. The minimum absolute atomic E-state index is 0.0371. The van der Waals surface area contributed by atoms with Crippen LogP contribution >= 0.6 is 0 Å². The molecule has 0 radical (unpaired) electrons. The number of nitrogens with zero attached hydrogens (tertiary/aromatic N) is 1. The maximum Gasteiger partial charge on any atom is 0.228 e. The van der Waals surface area contributed by atoms with Gasteiger partial charge in [0.25, 0.3) is 0 Å². The molecular formula is C11H17NO5S. The van der Waals surface area contributed by atoms with E-state index >= 15 is 0 Å². The van der Waals surface area contributed by atoms with Gasteiger partial charge >= 0.3 is 0 Å². The van der Waals surface area contributed by atoms with E-state index in [0.717, 1.165) is 0 Å². The molecule has 18 heavy (non-hydrogen) atoms. The molecule has 102 valence electrons. The smallest absolute Gasteiger partial charge is 0.228 e. The minimum atomic E-state index is -3.28. The summed E-state index contributed by atoms with van der Waals surface area (Å²) in [7, 11) is -3.28. The number of hydrogen-bond acceptors (Lipinski definition) is 5. The van der Waals surface area contributed by atoms with Crippen molar-refractivity contribution >= 4 is 21.5 Å². The van der Waals surface area contributed by atoms with Crippen molar-refractivity contribution in [2.45, 2.75) is 38.8 Å². The Morgan fingerprint density at radius 2 is 2.06 bits per heavy atom. The number of fused-ring (bicyclic) bond motifs is 1. The molecular weight excluding hydrogens is 258 g/mol. The van der Waals surface area contributed by atoms with Gasteiger partial charge in [-0.3, -0.25) is 14.5 Å². The normalized spacial score (nSPS) is 29.9. The number of β-lactam (4-membered cyclic amide) rings is 1. The molecule has 6 nitrogen and oxygen atoms in total. The Morgan fingerprint density at radius 1 is 1.44 bits per heavy atom. The minimum Gasteiger partial charge on any atom is -0.349 e. The maximum absolute atomic E-state index is 11.7. The lowest BCUT2D eigenvalue weighted by Gasteiger charge is -2.36. The summed E-state index contributed by atoms with van der Waals surface area (Å²) in [4.78, 5) is 24.3. The summed E-state index contributed by atoms with van der Waals surface area (Å²) in [6.07, 6.45) is -0.761. The first kappa shape index (κ1) is 13.5. The first-order valence-electron chi connectivity index (χ1n) is 5.80. The Balaban J connectivity index is 1.99. The molecule has 0 spiro atoms. The monoisotopic (exact) mass is 275 g/mol. The number of ether oxygens (including phenoxy) is 1. The highest BCUT2D eigenvalue weighted by molar-refractivity contribution is 7.92. The average Bonchev–Trinajstić information content (AvgIpc) is 2.39. The first-order valence-corrected chi connectivity index (χ1v) is 7.52. The predicted molar refractivity (Wildman–Crippen MR) is 63.2 cm³/mol. The summed E-state index contributed by atoms with van der Waals surface area (Å²) in [5, 5.41) is -0.736. The standard InChI is InChI=1S/C11H17NO5S/c1-11(2,3)7(13)5-17-9-6-18(15,16)10-4-8(14)12(9)10/h9-10H,4-6H2,1-3H3/t9?,10-/m0/s1. The van der Waals surface area contributed by atoms with Gasteiger partial charge < -0.3 is 4.74 Å². The van der Waals surface area contributed by atoms with E-state index in [1.54, 1.807) is 20.8 Å². The number of carbonyl (C=O) groups is 2.